The highest BCUT2D eigenvalue weighted by molar-refractivity contribution is 5.16. The van der Waals surface area contributed by atoms with Crippen LogP contribution in [0.4, 0.5) is 4.39 Å². The van der Waals surface area contributed by atoms with Gasteiger partial charge in [-0.05, 0) is 49.4 Å². The van der Waals surface area contributed by atoms with Crippen LogP contribution in [-0.4, -0.2) is 45.7 Å². The second-order valence-electron chi connectivity index (χ2n) is 8.31. The van der Waals surface area contributed by atoms with Crippen LogP contribution in [0.5, 0.6) is 0 Å². The average Bonchev–Trinajstić information content (AvgIpc) is 3.42. The third-order valence-corrected chi connectivity index (χ3v) is 5.67. The first-order valence-electron chi connectivity index (χ1n) is 10.1. The topological polar surface area (TPSA) is 45.4 Å². The Bertz CT molecular complexity index is 741. The summed E-state index contributed by atoms with van der Waals surface area (Å²) in [6.45, 7) is 9.22. The average molecular weight is 372 g/mol. The highest BCUT2D eigenvalue weighted by Crippen LogP contribution is 2.39. The molecule has 1 atom stereocenters. The molecule has 0 bridgehead atoms. The molecule has 0 radical (unpaired) electrons. The molecule has 0 N–H and O–H groups in total. The summed E-state index contributed by atoms with van der Waals surface area (Å²) in [6.07, 6.45) is 3.46. The van der Waals surface area contributed by atoms with Gasteiger partial charge in [0.05, 0.1) is 6.54 Å². The highest BCUT2D eigenvalue weighted by atomic mass is 19.1. The Morgan fingerprint density at radius 1 is 1.11 bits per heavy atom. The largest absolute Gasteiger partial charge is 0.424 e. The molecule has 0 unspecified atom stereocenters. The van der Waals surface area contributed by atoms with Crippen molar-refractivity contribution in [2.75, 3.05) is 19.6 Å². The number of benzene rings is 1. The van der Waals surface area contributed by atoms with Crippen LogP contribution >= 0.6 is 0 Å². The lowest BCUT2D eigenvalue weighted by atomic mass is 10.0. The monoisotopic (exact) mass is 372 g/mol. The number of aromatic nitrogens is 2. The van der Waals surface area contributed by atoms with Crippen molar-refractivity contribution >= 4 is 0 Å². The number of rotatable bonds is 6. The highest BCUT2D eigenvalue weighted by Gasteiger charge is 2.31. The quantitative estimate of drug-likeness (QED) is 0.771. The molecule has 1 saturated carbocycles. The molecule has 0 spiro atoms. The Balaban J connectivity index is 1.41. The zero-order valence-corrected chi connectivity index (χ0v) is 16.3. The molecule has 2 fully saturated rings. The van der Waals surface area contributed by atoms with Crippen LogP contribution in [-0.2, 0) is 13.1 Å². The first kappa shape index (κ1) is 18.6. The molecular formula is C21H29FN4O. The van der Waals surface area contributed by atoms with Crippen molar-refractivity contribution in [3.05, 3.63) is 47.4 Å². The molecule has 1 saturated heterocycles. The van der Waals surface area contributed by atoms with E-state index in [0.717, 1.165) is 50.9 Å². The van der Waals surface area contributed by atoms with E-state index < -0.39 is 0 Å². The second kappa shape index (κ2) is 8.07. The van der Waals surface area contributed by atoms with Gasteiger partial charge in [0.2, 0.25) is 11.8 Å². The van der Waals surface area contributed by atoms with Gasteiger partial charge < -0.3 is 4.42 Å². The van der Waals surface area contributed by atoms with Crippen molar-refractivity contribution in [2.45, 2.75) is 58.2 Å². The molecule has 2 aromatic rings. The summed E-state index contributed by atoms with van der Waals surface area (Å²) in [6, 6.07) is 7.34. The minimum absolute atomic E-state index is 0.175. The first-order valence-corrected chi connectivity index (χ1v) is 10.1. The van der Waals surface area contributed by atoms with Crippen LogP contribution in [0.25, 0.3) is 0 Å². The fraction of sp³-hybridized carbons (Fsp3) is 0.619. The van der Waals surface area contributed by atoms with Gasteiger partial charge in [0.15, 0.2) is 0 Å². The van der Waals surface area contributed by atoms with Gasteiger partial charge >= 0.3 is 0 Å². The van der Waals surface area contributed by atoms with E-state index in [4.69, 9.17) is 4.42 Å². The van der Waals surface area contributed by atoms with Gasteiger partial charge in [-0.3, -0.25) is 9.80 Å². The van der Waals surface area contributed by atoms with Gasteiger partial charge in [0, 0.05) is 31.6 Å². The van der Waals surface area contributed by atoms with E-state index in [2.05, 4.69) is 33.8 Å². The number of halogens is 1. The minimum Gasteiger partial charge on any atom is -0.424 e. The van der Waals surface area contributed by atoms with Crippen molar-refractivity contribution < 1.29 is 8.81 Å². The summed E-state index contributed by atoms with van der Waals surface area (Å²) in [5.74, 6) is 2.43. The summed E-state index contributed by atoms with van der Waals surface area (Å²) in [5, 5.41) is 8.47. The Labute approximate surface area is 160 Å². The Kier molecular flexibility index (Phi) is 5.55. The first-order chi connectivity index (χ1) is 13.1. The Morgan fingerprint density at radius 3 is 2.59 bits per heavy atom. The molecule has 4 rings (SSSR count). The molecular weight excluding hydrogens is 343 g/mol. The SMILES string of the molecule is CC(C)[C@H]1CN(Cc2nnc(C3CC3)o2)CCCN1Cc1ccc(F)cc1. The molecule has 1 aromatic heterocycles. The van der Waals surface area contributed by atoms with Crippen LogP contribution < -0.4 is 0 Å². The molecule has 1 aliphatic carbocycles. The summed E-state index contributed by atoms with van der Waals surface area (Å²) in [4.78, 5) is 4.99. The van der Waals surface area contributed by atoms with Crippen molar-refractivity contribution in [2.24, 2.45) is 5.92 Å². The lowest BCUT2D eigenvalue weighted by Gasteiger charge is -2.34. The van der Waals surface area contributed by atoms with E-state index >= 15 is 0 Å². The second-order valence-corrected chi connectivity index (χ2v) is 8.31. The number of hydrogen-bond acceptors (Lipinski definition) is 5. The van der Waals surface area contributed by atoms with Gasteiger partial charge in [-0.15, -0.1) is 10.2 Å². The predicted molar refractivity (Wildman–Crippen MR) is 102 cm³/mol. The number of nitrogens with zero attached hydrogens (tertiary/aromatic N) is 4. The van der Waals surface area contributed by atoms with E-state index in [-0.39, 0.29) is 5.82 Å². The van der Waals surface area contributed by atoms with E-state index in [1.54, 1.807) is 12.1 Å². The van der Waals surface area contributed by atoms with Crippen molar-refractivity contribution in [3.8, 4) is 0 Å². The van der Waals surface area contributed by atoms with Gasteiger partial charge in [-0.2, -0.15) is 0 Å². The van der Waals surface area contributed by atoms with Crippen molar-refractivity contribution in [3.63, 3.8) is 0 Å². The zero-order valence-electron chi connectivity index (χ0n) is 16.3. The maximum atomic E-state index is 13.2. The van der Waals surface area contributed by atoms with Crippen LogP contribution in [0.3, 0.4) is 0 Å². The lowest BCUT2D eigenvalue weighted by Crippen LogP contribution is -2.43. The lowest BCUT2D eigenvalue weighted by molar-refractivity contribution is 0.126. The van der Waals surface area contributed by atoms with Crippen LogP contribution in [0.1, 0.15) is 56.4 Å². The maximum Gasteiger partial charge on any atom is 0.230 e. The summed E-state index contributed by atoms with van der Waals surface area (Å²) in [7, 11) is 0. The fourth-order valence-corrected chi connectivity index (χ4v) is 3.95. The van der Waals surface area contributed by atoms with Gasteiger partial charge in [-0.25, -0.2) is 4.39 Å². The zero-order chi connectivity index (χ0) is 18.8. The molecule has 0 amide bonds. The van der Waals surface area contributed by atoms with Crippen LogP contribution in [0.15, 0.2) is 28.7 Å². The standard InChI is InChI=1S/C21H29FN4O/c1-15(2)19-13-25(14-20-23-24-21(27-20)17-6-7-17)10-3-11-26(19)12-16-4-8-18(22)9-5-16/h4-5,8-9,15,17,19H,3,6-7,10-14H2,1-2H3/t19-/m1/s1. The fourth-order valence-electron chi connectivity index (χ4n) is 3.95. The molecule has 5 nitrogen and oxygen atoms in total. The number of hydrogen-bond donors (Lipinski definition) is 0. The minimum atomic E-state index is -0.175. The molecule has 146 valence electrons. The molecule has 6 heteroatoms. The van der Waals surface area contributed by atoms with E-state index in [1.807, 2.05) is 12.1 Å². The predicted octanol–water partition coefficient (Wildman–Crippen LogP) is 3.82. The van der Waals surface area contributed by atoms with Gasteiger partial charge in [-0.1, -0.05) is 26.0 Å². The smallest absolute Gasteiger partial charge is 0.230 e. The maximum absolute atomic E-state index is 13.2. The normalized spacial score (nSPS) is 22.3. The molecule has 2 aliphatic rings. The van der Waals surface area contributed by atoms with Crippen LogP contribution in [0.2, 0.25) is 0 Å². The molecule has 1 aromatic carbocycles. The van der Waals surface area contributed by atoms with Crippen LogP contribution in [0, 0.1) is 11.7 Å². The van der Waals surface area contributed by atoms with E-state index in [1.165, 1.54) is 18.4 Å². The third-order valence-electron chi connectivity index (χ3n) is 5.67. The van der Waals surface area contributed by atoms with Gasteiger partial charge in [0.1, 0.15) is 5.82 Å². The molecule has 1 aliphatic heterocycles. The molecule has 2 heterocycles. The summed E-state index contributed by atoms with van der Waals surface area (Å²) >= 11 is 0. The summed E-state index contributed by atoms with van der Waals surface area (Å²) in [5.41, 5.74) is 1.17. The van der Waals surface area contributed by atoms with Crippen molar-refractivity contribution in [1.29, 1.82) is 0 Å². The summed E-state index contributed by atoms with van der Waals surface area (Å²) < 4.78 is 19.1. The van der Waals surface area contributed by atoms with E-state index in [0.29, 0.717) is 17.9 Å². The molecule has 27 heavy (non-hydrogen) atoms. The van der Waals surface area contributed by atoms with Gasteiger partial charge in [0.25, 0.3) is 0 Å². The van der Waals surface area contributed by atoms with E-state index in [9.17, 15) is 4.39 Å². The third kappa shape index (κ3) is 4.74. The van der Waals surface area contributed by atoms with Crippen molar-refractivity contribution in [1.82, 2.24) is 20.0 Å². The Morgan fingerprint density at radius 2 is 1.89 bits per heavy atom. The Hall–Kier alpha value is -1.79.